The van der Waals surface area contributed by atoms with Crippen molar-refractivity contribution in [1.29, 1.82) is 0 Å². The second-order valence-corrected chi connectivity index (χ2v) is 4.28. The van der Waals surface area contributed by atoms with Crippen LogP contribution in [0.3, 0.4) is 0 Å². The predicted molar refractivity (Wildman–Crippen MR) is 57.9 cm³/mol. The number of carboxylic acids is 1. The fourth-order valence-electron chi connectivity index (χ4n) is 1.05. The highest BCUT2D eigenvalue weighted by Gasteiger charge is 2.10. The SMILES string of the molecule is CC(C)c1cc(Br)c(=O)n(CC(=O)O)n1. The molecule has 0 aromatic carbocycles. The number of carboxylic acid groups (broad SMARTS) is 1. The lowest BCUT2D eigenvalue weighted by Gasteiger charge is -2.08. The van der Waals surface area contributed by atoms with Crippen LogP contribution in [0.4, 0.5) is 0 Å². The number of hydrogen-bond acceptors (Lipinski definition) is 3. The second kappa shape index (κ2) is 4.57. The Kier molecular flexibility index (Phi) is 3.62. The predicted octanol–water partition coefficient (Wildman–Crippen LogP) is 1.21. The summed E-state index contributed by atoms with van der Waals surface area (Å²) in [6.45, 7) is 3.42. The fraction of sp³-hybridized carbons (Fsp3) is 0.444. The molecule has 1 heterocycles. The lowest BCUT2D eigenvalue weighted by Crippen LogP contribution is -2.28. The largest absolute Gasteiger partial charge is 0.480 e. The molecule has 0 saturated carbocycles. The maximum absolute atomic E-state index is 11.5. The van der Waals surface area contributed by atoms with E-state index in [1.807, 2.05) is 13.8 Å². The highest BCUT2D eigenvalue weighted by molar-refractivity contribution is 9.10. The van der Waals surface area contributed by atoms with Crippen molar-refractivity contribution in [3.63, 3.8) is 0 Å². The van der Waals surface area contributed by atoms with Gasteiger partial charge in [0.1, 0.15) is 6.54 Å². The quantitative estimate of drug-likeness (QED) is 0.900. The Morgan fingerprint density at radius 2 is 2.27 bits per heavy atom. The van der Waals surface area contributed by atoms with E-state index in [2.05, 4.69) is 21.0 Å². The maximum atomic E-state index is 11.5. The van der Waals surface area contributed by atoms with Crippen LogP contribution in [0.25, 0.3) is 0 Å². The van der Waals surface area contributed by atoms with Crippen molar-refractivity contribution in [3.8, 4) is 0 Å². The van der Waals surface area contributed by atoms with Crippen molar-refractivity contribution in [2.75, 3.05) is 0 Å². The summed E-state index contributed by atoms with van der Waals surface area (Å²) in [5.74, 6) is -0.945. The van der Waals surface area contributed by atoms with Crippen molar-refractivity contribution in [3.05, 3.63) is 26.6 Å². The smallest absolute Gasteiger partial charge is 0.325 e. The molecule has 0 aliphatic rings. The molecule has 0 radical (unpaired) electrons. The fourth-order valence-corrected chi connectivity index (χ4v) is 1.49. The summed E-state index contributed by atoms with van der Waals surface area (Å²) in [6, 6.07) is 1.62. The number of halogens is 1. The van der Waals surface area contributed by atoms with Gasteiger partial charge in [0.25, 0.3) is 5.56 Å². The molecule has 1 aromatic rings. The number of aliphatic carboxylic acids is 1. The average molecular weight is 275 g/mol. The first-order valence-electron chi connectivity index (χ1n) is 4.41. The molecule has 0 bridgehead atoms. The zero-order valence-corrected chi connectivity index (χ0v) is 9.98. The zero-order valence-electron chi connectivity index (χ0n) is 8.40. The number of nitrogens with zero attached hydrogens (tertiary/aromatic N) is 2. The van der Waals surface area contributed by atoms with E-state index < -0.39 is 18.1 Å². The molecule has 15 heavy (non-hydrogen) atoms. The van der Waals surface area contributed by atoms with E-state index in [1.54, 1.807) is 6.07 Å². The van der Waals surface area contributed by atoms with Gasteiger partial charge in [-0.2, -0.15) is 5.10 Å². The molecule has 0 saturated heterocycles. The Hall–Kier alpha value is -1.17. The van der Waals surface area contributed by atoms with E-state index in [1.165, 1.54) is 0 Å². The van der Waals surface area contributed by atoms with E-state index in [-0.39, 0.29) is 5.92 Å². The van der Waals surface area contributed by atoms with Gasteiger partial charge < -0.3 is 5.11 Å². The highest BCUT2D eigenvalue weighted by atomic mass is 79.9. The summed E-state index contributed by atoms with van der Waals surface area (Å²) < 4.78 is 1.28. The van der Waals surface area contributed by atoms with Crippen LogP contribution < -0.4 is 5.56 Å². The Labute approximate surface area is 94.9 Å². The summed E-state index contributed by atoms with van der Waals surface area (Å²) in [5.41, 5.74) is 0.254. The van der Waals surface area contributed by atoms with Gasteiger partial charge in [0.2, 0.25) is 0 Å². The molecular weight excluding hydrogens is 264 g/mol. The minimum atomic E-state index is -1.09. The first kappa shape index (κ1) is 11.9. The van der Waals surface area contributed by atoms with E-state index >= 15 is 0 Å². The Balaban J connectivity index is 3.25. The van der Waals surface area contributed by atoms with Crippen LogP contribution in [0.15, 0.2) is 15.3 Å². The lowest BCUT2D eigenvalue weighted by molar-refractivity contribution is -0.138. The summed E-state index contributed by atoms with van der Waals surface area (Å²) in [5, 5.41) is 12.6. The van der Waals surface area contributed by atoms with Gasteiger partial charge in [-0.15, -0.1) is 0 Å². The summed E-state index contributed by atoms with van der Waals surface area (Å²) in [4.78, 5) is 22.0. The van der Waals surface area contributed by atoms with Crippen LogP contribution in [-0.4, -0.2) is 20.9 Å². The minimum absolute atomic E-state index is 0.141. The Morgan fingerprint density at radius 1 is 1.67 bits per heavy atom. The molecule has 5 nitrogen and oxygen atoms in total. The van der Waals surface area contributed by atoms with Crippen LogP contribution in [-0.2, 0) is 11.3 Å². The molecule has 0 spiro atoms. The molecule has 1 N–H and O–H groups in total. The topological polar surface area (TPSA) is 72.2 Å². The zero-order chi connectivity index (χ0) is 11.6. The van der Waals surface area contributed by atoms with Gasteiger partial charge in [-0.3, -0.25) is 9.59 Å². The number of rotatable bonds is 3. The number of carbonyl (C=O) groups is 1. The van der Waals surface area contributed by atoms with Crippen LogP contribution in [0, 0.1) is 0 Å². The van der Waals surface area contributed by atoms with Crippen molar-refractivity contribution in [1.82, 2.24) is 9.78 Å². The van der Waals surface area contributed by atoms with Gasteiger partial charge in [0.15, 0.2) is 0 Å². The van der Waals surface area contributed by atoms with Gasteiger partial charge >= 0.3 is 5.97 Å². The van der Waals surface area contributed by atoms with E-state index in [9.17, 15) is 9.59 Å². The van der Waals surface area contributed by atoms with Gasteiger partial charge in [0, 0.05) is 0 Å². The molecule has 0 aliphatic carbocycles. The van der Waals surface area contributed by atoms with Crippen molar-refractivity contribution in [2.45, 2.75) is 26.3 Å². The average Bonchev–Trinajstić information content (AvgIpc) is 2.11. The minimum Gasteiger partial charge on any atom is -0.480 e. The molecule has 0 unspecified atom stereocenters. The normalized spacial score (nSPS) is 10.7. The number of hydrogen-bond donors (Lipinski definition) is 1. The van der Waals surface area contributed by atoms with Crippen LogP contribution in [0.5, 0.6) is 0 Å². The third-order valence-corrected chi connectivity index (χ3v) is 2.39. The molecule has 0 amide bonds. The van der Waals surface area contributed by atoms with Gasteiger partial charge in [0.05, 0.1) is 10.2 Å². The third-order valence-electron chi connectivity index (χ3n) is 1.83. The standard InChI is InChI=1S/C9H11BrN2O3/c1-5(2)7-3-6(10)9(15)12(11-7)4-8(13)14/h3,5H,4H2,1-2H3,(H,13,14). The molecule has 0 fully saturated rings. The Morgan fingerprint density at radius 3 is 2.73 bits per heavy atom. The van der Waals surface area contributed by atoms with Crippen LogP contribution in [0.1, 0.15) is 25.5 Å². The van der Waals surface area contributed by atoms with Gasteiger partial charge in [-0.05, 0) is 27.9 Å². The first-order valence-corrected chi connectivity index (χ1v) is 5.20. The summed E-state index contributed by atoms with van der Waals surface area (Å²) in [6.07, 6.45) is 0. The van der Waals surface area contributed by atoms with Gasteiger partial charge in [-0.1, -0.05) is 13.8 Å². The van der Waals surface area contributed by atoms with E-state index in [4.69, 9.17) is 5.11 Å². The van der Waals surface area contributed by atoms with Crippen molar-refractivity contribution < 1.29 is 9.90 Å². The maximum Gasteiger partial charge on any atom is 0.325 e. The van der Waals surface area contributed by atoms with Crippen molar-refractivity contribution >= 4 is 21.9 Å². The lowest BCUT2D eigenvalue weighted by atomic mass is 10.1. The molecule has 82 valence electrons. The van der Waals surface area contributed by atoms with E-state index in [0.29, 0.717) is 10.2 Å². The summed E-state index contributed by atoms with van der Waals surface area (Å²) >= 11 is 3.09. The molecule has 6 heteroatoms. The third kappa shape index (κ3) is 2.89. The molecule has 1 rings (SSSR count). The monoisotopic (exact) mass is 274 g/mol. The molecular formula is C9H11BrN2O3. The summed E-state index contributed by atoms with van der Waals surface area (Å²) in [7, 11) is 0. The second-order valence-electron chi connectivity index (χ2n) is 3.43. The highest BCUT2D eigenvalue weighted by Crippen LogP contribution is 2.13. The van der Waals surface area contributed by atoms with Gasteiger partial charge in [-0.25, -0.2) is 4.68 Å². The molecule has 1 aromatic heterocycles. The molecule has 0 atom stereocenters. The van der Waals surface area contributed by atoms with Crippen LogP contribution >= 0.6 is 15.9 Å². The van der Waals surface area contributed by atoms with Crippen molar-refractivity contribution in [2.24, 2.45) is 0 Å². The Bertz CT molecular complexity index is 439. The number of aromatic nitrogens is 2. The van der Waals surface area contributed by atoms with Crippen LogP contribution in [0.2, 0.25) is 0 Å². The molecule has 0 aliphatic heterocycles. The first-order chi connectivity index (χ1) is 6.91. The van der Waals surface area contributed by atoms with E-state index in [0.717, 1.165) is 4.68 Å².